The fourth-order valence-corrected chi connectivity index (χ4v) is 4.23. The number of carboxylic acid groups (broad SMARTS) is 2. The molecule has 1 aliphatic rings. The van der Waals surface area contributed by atoms with Crippen molar-refractivity contribution in [1.29, 1.82) is 0 Å². The fourth-order valence-electron chi connectivity index (χ4n) is 2.46. The summed E-state index contributed by atoms with van der Waals surface area (Å²) in [7, 11) is -2.89. The Kier molecular flexibility index (Phi) is 5.42. The number of aliphatic carboxylic acids is 1. The van der Waals surface area contributed by atoms with Crippen LogP contribution in [0, 0.1) is 0 Å². The number of carbonyl (C=O) groups is 2. The third kappa shape index (κ3) is 3.66. The molecule has 1 aromatic rings. The lowest BCUT2D eigenvalue weighted by Gasteiger charge is -2.34. The van der Waals surface area contributed by atoms with Gasteiger partial charge in [-0.3, -0.25) is 4.79 Å². The SMILES string of the molecule is COc1ccc(C(=O)O)cc1S(=O)(=O)N1CCOC[C@@H]1CC(=O)O. The zero-order valence-corrected chi connectivity index (χ0v) is 13.7. The van der Waals surface area contributed by atoms with Crippen molar-refractivity contribution in [3.05, 3.63) is 23.8 Å². The van der Waals surface area contributed by atoms with E-state index >= 15 is 0 Å². The van der Waals surface area contributed by atoms with E-state index in [4.69, 9.17) is 19.7 Å². The largest absolute Gasteiger partial charge is 0.495 e. The smallest absolute Gasteiger partial charge is 0.335 e. The van der Waals surface area contributed by atoms with Crippen LogP contribution in [-0.2, 0) is 19.6 Å². The quantitative estimate of drug-likeness (QED) is 0.739. The van der Waals surface area contributed by atoms with Gasteiger partial charge in [-0.1, -0.05) is 0 Å². The highest BCUT2D eigenvalue weighted by Gasteiger charge is 2.37. The van der Waals surface area contributed by atoms with Crippen LogP contribution >= 0.6 is 0 Å². The van der Waals surface area contributed by atoms with Crippen molar-refractivity contribution in [2.75, 3.05) is 26.9 Å². The molecule has 0 radical (unpaired) electrons. The number of carboxylic acids is 2. The lowest BCUT2D eigenvalue weighted by Crippen LogP contribution is -2.49. The van der Waals surface area contributed by atoms with Crippen molar-refractivity contribution in [2.45, 2.75) is 17.4 Å². The average molecular weight is 359 g/mol. The van der Waals surface area contributed by atoms with Crippen LogP contribution in [-0.4, -0.2) is 67.8 Å². The molecule has 0 aliphatic carbocycles. The molecule has 1 aliphatic heterocycles. The van der Waals surface area contributed by atoms with E-state index in [0.29, 0.717) is 0 Å². The zero-order valence-electron chi connectivity index (χ0n) is 12.8. The number of morpholine rings is 1. The van der Waals surface area contributed by atoms with Gasteiger partial charge < -0.3 is 19.7 Å². The highest BCUT2D eigenvalue weighted by molar-refractivity contribution is 7.89. The lowest BCUT2D eigenvalue weighted by molar-refractivity contribution is -0.139. The molecule has 0 spiro atoms. The molecule has 1 atom stereocenters. The van der Waals surface area contributed by atoms with Crippen molar-refractivity contribution < 1.29 is 37.7 Å². The van der Waals surface area contributed by atoms with E-state index in [2.05, 4.69) is 0 Å². The van der Waals surface area contributed by atoms with Crippen LogP contribution in [0.4, 0.5) is 0 Å². The molecule has 10 heteroatoms. The molecule has 0 saturated carbocycles. The van der Waals surface area contributed by atoms with Gasteiger partial charge in [0, 0.05) is 6.54 Å². The van der Waals surface area contributed by atoms with Gasteiger partial charge in [-0.15, -0.1) is 0 Å². The molecule has 132 valence electrons. The molecule has 2 rings (SSSR count). The summed E-state index contributed by atoms with van der Waals surface area (Å²) in [5.74, 6) is -2.45. The topological polar surface area (TPSA) is 130 Å². The van der Waals surface area contributed by atoms with E-state index in [-0.39, 0.29) is 36.0 Å². The molecule has 0 aromatic heterocycles. The summed E-state index contributed by atoms with van der Waals surface area (Å²) in [6.45, 7) is 0.0451. The number of hydrogen-bond donors (Lipinski definition) is 2. The highest BCUT2D eigenvalue weighted by atomic mass is 32.2. The van der Waals surface area contributed by atoms with Crippen LogP contribution in [0.15, 0.2) is 23.1 Å². The summed E-state index contributed by atoms with van der Waals surface area (Å²) in [4.78, 5) is 21.8. The van der Waals surface area contributed by atoms with Gasteiger partial charge in [-0.05, 0) is 18.2 Å². The minimum Gasteiger partial charge on any atom is -0.495 e. The summed E-state index contributed by atoms with van der Waals surface area (Å²) in [5.41, 5.74) is -0.211. The predicted octanol–water partition coefficient (Wildman–Crippen LogP) is 0.258. The van der Waals surface area contributed by atoms with E-state index < -0.39 is 34.4 Å². The highest BCUT2D eigenvalue weighted by Crippen LogP contribution is 2.30. The Morgan fingerprint density at radius 1 is 1.38 bits per heavy atom. The Balaban J connectivity index is 2.49. The van der Waals surface area contributed by atoms with Gasteiger partial charge in [0.05, 0.1) is 38.3 Å². The molecular weight excluding hydrogens is 342 g/mol. The first-order valence-electron chi connectivity index (χ1n) is 7.00. The molecule has 2 N–H and O–H groups in total. The molecular formula is C14H17NO8S. The second-order valence-corrected chi connectivity index (χ2v) is 6.97. The number of aromatic carboxylic acids is 1. The van der Waals surface area contributed by atoms with Gasteiger partial charge in [-0.25, -0.2) is 13.2 Å². The van der Waals surface area contributed by atoms with Crippen LogP contribution in [0.25, 0.3) is 0 Å². The van der Waals surface area contributed by atoms with Crippen molar-refractivity contribution in [3.63, 3.8) is 0 Å². The molecule has 1 fully saturated rings. The lowest BCUT2D eigenvalue weighted by atomic mass is 10.2. The van der Waals surface area contributed by atoms with Crippen LogP contribution in [0.2, 0.25) is 0 Å². The molecule has 9 nitrogen and oxygen atoms in total. The van der Waals surface area contributed by atoms with Crippen molar-refractivity contribution in [1.82, 2.24) is 4.31 Å². The molecule has 1 heterocycles. The van der Waals surface area contributed by atoms with Crippen LogP contribution in [0.5, 0.6) is 5.75 Å². The van der Waals surface area contributed by atoms with Crippen molar-refractivity contribution in [2.24, 2.45) is 0 Å². The maximum atomic E-state index is 12.9. The Bertz CT molecular complexity index is 745. The summed E-state index contributed by atoms with van der Waals surface area (Å²) in [5, 5.41) is 18.0. The number of hydrogen-bond acceptors (Lipinski definition) is 6. The molecule has 1 aromatic carbocycles. The Labute approximate surface area is 138 Å². The number of ether oxygens (including phenoxy) is 2. The molecule has 0 unspecified atom stereocenters. The van der Waals surface area contributed by atoms with E-state index in [1.165, 1.54) is 19.2 Å². The third-order valence-corrected chi connectivity index (χ3v) is 5.55. The summed E-state index contributed by atoms with van der Waals surface area (Å²) in [6, 6.07) is 2.61. The molecule has 24 heavy (non-hydrogen) atoms. The van der Waals surface area contributed by atoms with Crippen LogP contribution < -0.4 is 4.74 Å². The first-order valence-corrected chi connectivity index (χ1v) is 8.44. The number of methoxy groups -OCH3 is 1. The van der Waals surface area contributed by atoms with Gasteiger partial charge in [0.25, 0.3) is 0 Å². The third-order valence-electron chi connectivity index (χ3n) is 3.58. The number of benzene rings is 1. The summed E-state index contributed by atoms with van der Waals surface area (Å²) < 4.78 is 37.1. The number of rotatable bonds is 6. The monoisotopic (exact) mass is 359 g/mol. The summed E-state index contributed by atoms with van der Waals surface area (Å²) in [6.07, 6.45) is -0.417. The maximum Gasteiger partial charge on any atom is 0.335 e. The van der Waals surface area contributed by atoms with E-state index in [1.807, 2.05) is 0 Å². The fraction of sp³-hybridized carbons (Fsp3) is 0.429. The Morgan fingerprint density at radius 3 is 2.67 bits per heavy atom. The first-order chi connectivity index (χ1) is 11.3. The standard InChI is InChI=1S/C14H17NO8S/c1-22-11-3-2-9(14(18)19)6-12(11)24(20,21)15-4-5-23-8-10(15)7-13(16)17/h2-3,6,10H,4-5,7-8H2,1H3,(H,16,17)(H,18,19)/t10-/m0/s1. The summed E-state index contributed by atoms with van der Waals surface area (Å²) >= 11 is 0. The van der Waals surface area contributed by atoms with Gasteiger partial charge in [-0.2, -0.15) is 4.31 Å². The molecule has 1 saturated heterocycles. The van der Waals surface area contributed by atoms with E-state index in [0.717, 1.165) is 10.4 Å². The second kappa shape index (κ2) is 7.16. The normalized spacial score (nSPS) is 19.0. The van der Waals surface area contributed by atoms with Gasteiger partial charge >= 0.3 is 11.9 Å². The van der Waals surface area contributed by atoms with Crippen LogP contribution in [0.3, 0.4) is 0 Å². The van der Waals surface area contributed by atoms with Crippen molar-refractivity contribution in [3.8, 4) is 5.75 Å². The maximum absolute atomic E-state index is 12.9. The minimum absolute atomic E-state index is 0.0134. The van der Waals surface area contributed by atoms with E-state index in [1.54, 1.807) is 0 Å². The Morgan fingerprint density at radius 2 is 2.08 bits per heavy atom. The van der Waals surface area contributed by atoms with Gasteiger partial charge in [0.2, 0.25) is 10.0 Å². The van der Waals surface area contributed by atoms with Gasteiger partial charge in [0.1, 0.15) is 10.6 Å². The van der Waals surface area contributed by atoms with Gasteiger partial charge in [0.15, 0.2) is 0 Å². The minimum atomic E-state index is -4.15. The first kappa shape index (κ1) is 18.2. The molecule has 0 amide bonds. The second-order valence-electron chi connectivity index (χ2n) is 5.11. The van der Waals surface area contributed by atoms with E-state index in [9.17, 15) is 18.0 Å². The zero-order chi connectivity index (χ0) is 17.9. The molecule has 0 bridgehead atoms. The number of sulfonamides is 1. The van der Waals surface area contributed by atoms with Crippen molar-refractivity contribution >= 4 is 22.0 Å². The average Bonchev–Trinajstić information content (AvgIpc) is 2.54. The predicted molar refractivity (Wildman–Crippen MR) is 80.7 cm³/mol. The Hall–Kier alpha value is -2.17. The van der Waals surface area contributed by atoms with Crippen LogP contribution in [0.1, 0.15) is 16.8 Å². The number of nitrogens with zero attached hydrogens (tertiary/aromatic N) is 1.